The average Bonchev–Trinajstić information content (AvgIpc) is 3.85. The van der Waals surface area contributed by atoms with E-state index in [1.54, 1.807) is 0 Å². The summed E-state index contributed by atoms with van der Waals surface area (Å²) in [6.07, 6.45) is 0. The molecule has 3 aromatic heterocycles. The summed E-state index contributed by atoms with van der Waals surface area (Å²) < 4.78 is 12.4. The Kier molecular flexibility index (Phi) is 10.3. The lowest BCUT2D eigenvalue weighted by molar-refractivity contribution is 0.674. The number of aromatic nitrogens is 3. The second-order valence-electron chi connectivity index (χ2n) is 14.9. The third-order valence-corrected chi connectivity index (χ3v) is 11.6. The lowest BCUT2D eigenvalue weighted by Crippen LogP contribution is -2.55. The lowest BCUT2D eigenvalue weighted by Gasteiger charge is -2.24. The molecule has 9 rings (SSSR count). The highest BCUT2D eigenvalue weighted by Crippen LogP contribution is 2.34. The van der Waals surface area contributed by atoms with Gasteiger partial charge in [-0.25, -0.2) is 15.0 Å². The number of furan rings is 2. The van der Waals surface area contributed by atoms with Gasteiger partial charge in [-0.05, 0) is 10.8 Å². The fraction of sp³-hybridized carbons (Fsp3) is 0. The van der Waals surface area contributed by atoms with Crippen LogP contribution >= 0.6 is 0 Å². The Morgan fingerprint density at radius 2 is 0.444 bits per heavy atom. The van der Waals surface area contributed by atoms with E-state index in [0.717, 1.165) is 0 Å². The molecule has 0 amide bonds. The van der Waals surface area contributed by atoms with E-state index in [0.29, 0.717) is 0 Å². The Morgan fingerprint density at radius 1 is 0.190 bits per heavy atom. The number of fused-ring (bicyclic) bond motifs is 8. The first-order chi connectivity index (χ1) is 29.5. The predicted octanol–water partition coefficient (Wildman–Crippen LogP) is -15.5. The Labute approximate surface area is 389 Å². The first kappa shape index (κ1) is 43.8. The van der Waals surface area contributed by atoms with Crippen LogP contribution in [0.4, 0.5) is 0 Å². The van der Waals surface area contributed by atoms with Gasteiger partial charge in [0, 0.05) is 38.2 Å². The van der Waals surface area contributed by atoms with Gasteiger partial charge in [-0.3, -0.25) is 0 Å². The van der Waals surface area contributed by atoms with Crippen molar-refractivity contribution in [2.24, 2.45) is 0 Å². The van der Waals surface area contributed by atoms with Gasteiger partial charge in [0.15, 0.2) is 17.5 Å². The molecule has 0 saturated heterocycles. The highest BCUT2D eigenvalue weighted by molar-refractivity contribution is 6.73. The van der Waals surface area contributed by atoms with Crippen molar-refractivity contribution in [2.75, 3.05) is 0 Å². The van der Waals surface area contributed by atoms with E-state index in [-0.39, 0.29) is 204 Å². The van der Waals surface area contributed by atoms with Crippen molar-refractivity contribution in [3.8, 4) is 34.2 Å². The zero-order chi connectivity index (χ0) is 45.9. The van der Waals surface area contributed by atoms with Crippen LogP contribution in [0.3, 0.4) is 0 Å². The molecule has 9 aromatic rings. The molecule has 238 valence electrons. The van der Waals surface area contributed by atoms with E-state index in [1.165, 1.54) is 0 Å². The summed E-state index contributed by atoms with van der Waals surface area (Å²) in [5, 5.41) is 0.885. The highest BCUT2D eigenvalue weighted by atomic mass is 16.3. The van der Waals surface area contributed by atoms with Gasteiger partial charge in [-0.1, -0.05) is 71.0 Å². The maximum atomic E-state index is 7.17. The van der Waals surface area contributed by atoms with Crippen LogP contribution in [0.5, 0.6) is 0 Å². The summed E-state index contributed by atoms with van der Waals surface area (Å²) >= 11 is 0. The van der Waals surface area contributed by atoms with Gasteiger partial charge in [-0.2, -0.15) is 0 Å². The molecule has 0 atom stereocenters. The van der Waals surface area contributed by atoms with Crippen molar-refractivity contribution in [1.29, 1.82) is 0 Å². The average molecular weight is 745 g/mol. The minimum atomic E-state index is -0.272. The van der Waals surface area contributed by atoms with Crippen molar-refractivity contribution >= 4 is 334 Å². The van der Waals surface area contributed by atoms with Gasteiger partial charge in [-0.15, -0.1) is 43.7 Å². The predicted molar refractivity (Wildman–Crippen MR) is 281 cm³/mol. The third kappa shape index (κ3) is 5.76. The Balaban J connectivity index is 1.51. The molecular weight excluding hydrogens is 745 g/mol. The topological polar surface area (TPSA) is 65.0 Å². The molecule has 0 aliphatic carbocycles. The van der Waals surface area contributed by atoms with E-state index >= 15 is 0 Å². The van der Waals surface area contributed by atoms with Crippen LogP contribution in [-0.2, 0) is 0 Å². The molecule has 0 aliphatic rings. The summed E-state index contributed by atoms with van der Waals surface area (Å²) in [7, 11) is 137. The molecule has 63 heavy (non-hydrogen) atoms. The van der Waals surface area contributed by atoms with Crippen LogP contribution in [0.2, 0.25) is 0 Å². The van der Waals surface area contributed by atoms with Gasteiger partial charge < -0.3 is 8.83 Å². The van der Waals surface area contributed by atoms with Crippen molar-refractivity contribution in [1.82, 2.24) is 15.0 Å². The van der Waals surface area contributed by atoms with E-state index in [1.807, 2.05) is 0 Å². The molecular formula is C37B21N3O2. The van der Waals surface area contributed by atoms with Gasteiger partial charge in [0.25, 0.3) is 0 Å². The smallest absolute Gasteiger partial charge is 0.164 e. The Bertz CT molecular complexity index is 3630. The maximum absolute atomic E-state index is 7.17. The monoisotopic (exact) mass is 749 g/mol. The second kappa shape index (κ2) is 14.8. The highest BCUT2D eigenvalue weighted by Gasteiger charge is 2.29. The van der Waals surface area contributed by atoms with Crippen LogP contribution in [0.25, 0.3) is 88.8 Å². The van der Waals surface area contributed by atoms with Gasteiger partial charge >= 0.3 is 0 Å². The van der Waals surface area contributed by atoms with E-state index < -0.39 is 0 Å². The molecule has 0 unspecified atom stereocenters. The largest absolute Gasteiger partial charge is 0.457 e. The summed E-state index contributed by atoms with van der Waals surface area (Å²) in [6.45, 7) is 0. The Morgan fingerprint density at radius 3 is 0.921 bits per heavy atom. The minimum Gasteiger partial charge on any atom is -0.457 e. The first-order valence-electron chi connectivity index (χ1n) is 18.2. The van der Waals surface area contributed by atoms with Crippen molar-refractivity contribution in [2.45, 2.75) is 0 Å². The SMILES string of the molecule is [B]c1c([B])c([B])c(-c2nc(-c3c([B])c([B])c4c([B])c([B])c5oc6c([B])c([B])c([B])c([B])c6c5c4c3[B])nc(-c3c([B])c([B])c([B])c4oc5c([B])c([B])c([B])c([B])c5c34)n2)c([B])c1[B]. The maximum Gasteiger partial charge on any atom is 0.164 e. The standard InChI is InChI=1S/C37B21N3O2/c38-10-1-2-5-13(41)19(47)25(53)29(57)33(5)62-31(2)27(55)12(40)4(1)11(39)16(44)8(10)36-59-35(60-37(61-36)9-17(45)21(49)24(52)22(50)18(9)46)7-3-6-14(42)20(48)26(54)30(58)34(6)63-32(3)28(56)23(51)15(7)43. The number of hydrogen-bond acceptors (Lipinski definition) is 5. The third-order valence-electron chi connectivity index (χ3n) is 11.6. The summed E-state index contributed by atoms with van der Waals surface area (Å²) in [5.41, 5.74) is -2.14. The molecule has 0 aliphatic heterocycles. The normalized spacial score (nSPS) is 11.9. The summed E-state index contributed by atoms with van der Waals surface area (Å²) in [4.78, 5) is 14.4. The van der Waals surface area contributed by atoms with Gasteiger partial charge in [0.2, 0.25) is 0 Å². The van der Waals surface area contributed by atoms with Crippen LogP contribution in [0.1, 0.15) is 0 Å². The summed E-state index contributed by atoms with van der Waals surface area (Å²) in [6, 6.07) is 0. The summed E-state index contributed by atoms with van der Waals surface area (Å²) in [5.74, 6) is -0.781. The number of hydrogen-bond donors (Lipinski definition) is 0. The number of rotatable bonds is 3. The van der Waals surface area contributed by atoms with Crippen molar-refractivity contribution in [3.63, 3.8) is 0 Å². The van der Waals surface area contributed by atoms with Crippen LogP contribution in [0.15, 0.2) is 8.83 Å². The molecule has 0 bridgehead atoms. The minimum absolute atomic E-state index is 0.000496. The molecule has 0 fully saturated rings. The zero-order valence-electron chi connectivity index (χ0n) is 32.8. The van der Waals surface area contributed by atoms with Crippen LogP contribution in [0, 0.1) is 0 Å². The van der Waals surface area contributed by atoms with Crippen LogP contribution < -0.4 is 115 Å². The van der Waals surface area contributed by atoms with E-state index in [4.69, 9.17) is 189 Å². The lowest BCUT2D eigenvalue weighted by atomic mass is 9.60. The second-order valence-corrected chi connectivity index (χ2v) is 14.9. The molecule has 5 nitrogen and oxygen atoms in total. The number of nitrogens with zero attached hydrogens (tertiary/aromatic N) is 3. The van der Waals surface area contributed by atoms with Crippen molar-refractivity contribution < 1.29 is 8.83 Å². The van der Waals surface area contributed by atoms with E-state index in [2.05, 4.69) is 0 Å². The molecule has 0 N–H and O–H groups in total. The zero-order valence-corrected chi connectivity index (χ0v) is 32.8. The molecule has 42 radical (unpaired) electrons. The van der Waals surface area contributed by atoms with Crippen molar-refractivity contribution in [3.05, 3.63) is 0 Å². The fourth-order valence-corrected chi connectivity index (χ4v) is 8.12. The quantitative estimate of drug-likeness (QED) is 0.169. The number of benzene rings is 6. The first-order valence-corrected chi connectivity index (χ1v) is 18.2. The Hall–Kier alpha value is -4.45. The van der Waals surface area contributed by atoms with Gasteiger partial charge in [0.05, 0.1) is 0 Å². The molecule has 3 heterocycles. The molecule has 26 heteroatoms. The van der Waals surface area contributed by atoms with E-state index in [9.17, 15) is 0 Å². The van der Waals surface area contributed by atoms with Gasteiger partial charge in [0.1, 0.15) is 187 Å². The molecule has 6 aromatic carbocycles. The van der Waals surface area contributed by atoms with Crippen LogP contribution in [-0.4, -0.2) is 180 Å². The molecule has 0 spiro atoms. The molecule has 0 saturated carbocycles. The fourth-order valence-electron chi connectivity index (χ4n) is 8.12.